The highest BCUT2D eigenvalue weighted by Crippen LogP contribution is 2.66. The van der Waals surface area contributed by atoms with Crippen molar-refractivity contribution in [3.8, 4) is 11.5 Å². The highest BCUT2D eigenvalue weighted by molar-refractivity contribution is 5.91. The van der Waals surface area contributed by atoms with Crippen LogP contribution in [0.3, 0.4) is 0 Å². The quantitative estimate of drug-likeness (QED) is 0.318. The van der Waals surface area contributed by atoms with Gasteiger partial charge >= 0.3 is 12.7 Å². The second-order valence-electron chi connectivity index (χ2n) is 13.8. The Morgan fingerprint density at radius 3 is 1.89 bits per heavy atom. The van der Waals surface area contributed by atoms with Crippen molar-refractivity contribution in [2.24, 2.45) is 34.5 Å². The Morgan fingerprint density at radius 2 is 1.35 bits per heavy atom. The molecular weight excluding hydrogens is 612 g/mol. The lowest BCUT2D eigenvalue weighted by molar-refractivity contribution is -0.275. The number of nitrogens with one attached hydrogen (secondary N) is 1. The summed E-state index contributed by atoms with van der Waals surface area (Å²) in [6.07, 6.45) is -1.11. The number of allylic oxidation sites excluding steroid dienone is 1. The van der Waals surface area contributed by atoms with Crippen LogP contribution in [0.1, 0.15) is 82.4 Å². The molecule has 2 aromatic carbocycles. The Balaban J connectivity index is 1.24. The van der Waals surface area contributed by atoms with Crippen LogP contribution in [-0.2, 0) is 9.59 Å². The molecule has 4 unspecified atom stereocenters. The fourth-order valence-electron chi connectivity index (χ4n) is 9.32. The number of fused-ring (bicyclic) bond motifs is 5. The molecule has 1 amide bonds. The molecule has 0 aliphatic heterocycles. The van der Waals surface area contributed by atoms with Crippen molar-refractivity contribution in [2.75, 3.05) is 0 Å². The van der Waals surface area contributed by atoms with Crippen molar-refractivity contribution in [2.45, 2.75) is 84.0 Å². The van der Waals surface area contributed by atoms with Gasteiger partial charge in [0.2, 0.25) is 5.91 Å². The molecule has 2 aromatic rings. The van der Waals surface area contributed by atoms with Crippen LogP contribution >= 0.6 is 0 Å². The molecule has 4 aliphatic rings. The minimum absolute atomic E-state index is 0.00752. The van der Waals surface area contributed by atoms with Crippen LogP contribution < -0.4 is 14.8 Å². The molecule has 0 heterocycles. The minimum Gasteiger partial charge on any atom is -0.406 e. The highest BCUT2D eigenvalue weighted by Gasteiger charge is 2.60. The minimum atomic E-state index is -4.88. The molecule has 6 rings (SSSR count). The molecule has 5 nitrogen and oxygen atoms in total. The van der Waals surface area contributed by atoms with E-state index in [9.17, 15) is 35.9 Å². The first-order valence-corrected chi connectivity index (χ1v) is 15.8. The Kier molecular flexibility index (Phi) is 8.20. The standard InChI is InChI=1S/C35H37F6NO4/c1-32-17-15-23(43)19-22(32)7-12-26-27-13-14-29(33(27,2)18-16-28(26)32)31(44)42-30(20-3-8-24(9-4-20)45-34(36,37)38)21-5-10-25(11-6-21)46-35(39,40)41/h3-6,8-11,19,26-30H,7,12-18H2,1-2H3,(H,42,44)/t26?,27?,28?,29?,32-,33-/m0/s1. The first-order chi connectivity index (χ1) is 21.6. The van der Waals surface area contributed by atoms with Crippen molar-refractivity contribution in [1.82, 2.24) is 5.32 Å². The lowest BCUT2D eigenvalue weighted by Gasteiger charge is -2.58. The van der Waals surface area contributed by atoms with Gasteiger partial charge in [0.05, 0.1) is 6.04 Å². The van der Waals surface area contributed by atoms with Gasteiger partial charge in [-0.25, -0.2) is 0 Å². The van der Waals surface area contributed by atoms with Crippen LogP contribution in [0.4, 0.5) is 26.3 Å². The van der Waals surface area contributed by atoms with Gasteiger partial charge in [-0.2, -0.15) is 0 Å². The van der Waals surface area contributed by atoms with E-state index in [0.29, 0.717) is 41.7 Å². The number of ether oxygens (including phenoxy) is 2. The summed E-state index contributed by atoms with van der Waals surface area (Å²) in [5.41, 5.74) is 1.92. The molecule has 0 bridgehead atoms. The van der Waals surface area contributed by atoms with Crippen LogP contribution in [0.2, 0.25) is 0 Å². The Morgan fingerprint density at radius 1 is 0.783 bits per heavy atom. The van der Waals surface area contributed by atoms with E-state index in [-0.39, 0.29) is 28.4 Å². The van der Waals surface area contributed by atoms with Crippen molar-refractivity contribution in [1.29, 1.82) is 0 Å². The van der Waals surface area contributed by atoms with E-state index >= 15 is 0 Å². The molecule has 3 fully saturated rings. The van der Waals surface area contributed by atoms with E-state index in [0.717, 1.165) is 62.8 Å². The maximum atomic E-state index is 14.2. The van der Waals surface area contributed by atoms with Gasteiger partial charge in [-0.3, -0.25) is 9.59 Å². The molecule has 248 valence electrons. The highest BCUT2D eigenvalue weighted by atomic mass is 19.4. The van der Waals surface area contributed by atoms with Crippen molar-refractivity contribution >= 4 is 11.7 Å². The zero-order chi connectivity index (χ0) is 33.1. The number of amides is 1. The Labute approximate surface area is 263 Å². The van der Waals surface area contributed by atoms with E-state index in [2.05, 4.69) is 28.6 Å². The van der Waals surface area contributed by atoms with Crippen molar-refractivity contribution in [3.05, 3.63) is 71.3 Å². The van der Waals surface area contributed by atoms with Gasteiger partial charge in [0.15, 0.2) is 5.78 Å². The molecule has 11 heteroatoms. The van der Waals surface area contributed by atoms with E-state index < -0.39 is 30.3 Å². The van der Waals surface area contributed by atoms with E-state index in [4.69, 9.17) is 0 Å². The molecule has 1 N–H and O–H groups in total. The number of hydrogen-bond acceptors (Lipinski definition) is 4. The van der Waals surface area contributed by atoms with Gasteiger partial charge < -0.3 is 14.8 Å². The molecule has 3 saturated carbocycles. The molecule has 0 radical (unpaired) electrons. The number of rotatable bonds is 6. The van der Waals surface area contributed by atoms with Gasteiger partial charge in [-0.1, -0.05) is 43.7 Å². The maximum Gasteiger partial charge on any atom is 0.573 e. The molecular formula is C35H37F6NO4. The summed E-state index contributed by atoms with van der Waals surface area (Å²) in [6.45, 7) is 4.51. The number of benzene rings is 2. The van der Waals surface area contributed by atoms with Crippen LogP contribution in [0.15, 0.2) is 60.2 Å². The third-order valence-corrected chi connectivity index (χ3v) is 11.5. The summed E-state index contributed by atoms with van der Waals surface area (Å²) in [6, 6.07) is 9.33. The Hall–Kier alpha value is -3.50. The topological polar surface area (TPSA) is 64.6 Å². The van der Waals surface area contributed by atoms with Crippen LogP contribution in [-0.4, -0.2) is 24.4 Å². The summed E-state index contributed by atoms with van der Waals surface area (Å²) < 4.78 is 84.6. The fourth-order valence-corrected chi connectivity index (χ4v) is 9.32. The van der Waals surface area contributed by atoms with Gasteiger partial charge in [0, 0.05) is 12.3 Å². The molecule has 0 aromatic heterocycles. The molecule has 0 saturated heterocycles. The monoisotopic (exact) mass is 649 g/mol. The largest absolute Gasteiger partial charge is 0.573 e. The molecule has 0 spiro atoms. The average molecular weight is 650 g/mol. The normalized spacial score (nSPS) is 31.0. The summed E-state index contributed by atoms with van der Waals surface area (Å²) >= 11 is 0. The molecule has 46 heavy (non-hydrogen) atoms. The van der Waals surface area contributed by atoms with E-state index in [1.165, 1.54) is 29.8 Å². The number of carbonyl (C=O) groups excluding carboxylic acids is 2. The van der Waals surface area contributed by atoms with Crippen molar-refractivity contribution < 1.29 is 45.4 Å². The lowest BCUT2D eigenvalue weighted by Crippen LogP contribution is -2.52. The van der Waals surface area contributed by atoms with Gasteiger partial charge in [-0.15, -0.1) is 26.3 Å². The SMILES string of the molecule is C[C@]12CCC3C(CCC4=CC(=O)CC[C@@]43C)C1CCC2C(=O)NC(c1ccc(OC(F)(F)F)cc1)c1ccc(OC(F)(F)F)cc1. The first kappa shape index (κ1) is 32.4. The van der Waals surface area contributed by atoms with Crippen LogP contribution in [0.5, 0.6) is 11.5 Å². The predicted octanol–water partition coefficient (Wildman–Crippen LogP) is 8.84. The number of alkyl halides is 6. The second-order valence-corrected chi connectivity index (χ2v) is 13.8. The average Bonchev–Trinajstić information content (AvgIpc) is 3.33. The summed E-state index contributed by atoms with van der Waals surface area (Å²) in [5.74, 6) is 0.107. The van der Waals surface area contributed by atoms with Gasteiger partial charge in [0.1, 0.15) is 11.5 Å². The molecule has 6 atom stereocenters. The predicted molar refractivity (Wildman–Crippen MR) is 156 cm³/mol. The smallest absolute Gasteiger partial charge is 0.406 e. The Bertz CT molecular complexity index is 1440. The van der Waals surface area contributed by atoms with Crippen LogP contribution in [0.25, 0.3) is 0 Å². The number of carbonyl (C=O) groups is 2. The van der Waals surface area contributed by atoms with Gasteiger partial charge in [0.25, 0.3) is 0 Å². The van der Waals surface area contributed by atoms with Gasteiger partial charge in [-0.05, 0) is 115 Å². The first-order valence-electron chi connectivity index (χ1n) is 15.8. The maximum absolute atomic E-state index is 14.2. The van der Waals surface area contributed by atoms with Crippen molar-refractivity contribution in [3.63, 3.8) is 0 Å². The number of ketones is 1. The van der Waals surface area contributed by atoms with E-state index in [1.807, 2.05) is 6.08 Å². The fraction of sp³-hybridized carbons (Fsp3) is 0.543. The number of halogens is 6. The zero-order valence-corrected chi connectivity index (χ0v) is 25.6. The van der Waals surface area contributed by atoms with Crippen LogP contribution in [0, 0.1) is 34.5 Å². The summed E-state index contributed by atoms with van der Waals surface area (Å²) in [7, 11) is 0. The third kappa shape index (κ3) is 6.26. The third-order valence-electron chi connectivity index (χ3n) is 11.5. The summed E-state index contributed by atoms with van der Waals surface area (Å²) in [5, 5.41) is 3.10. The zero-order valence-electron chi connectivity index (χ0n) is 25.6. The molecule has 4 aliphatic carbocycles. The van der Waals surface area contributed by atoms with E-state index in [1.54, 1.807) is 0 Å². The lowest BCUT2D eigenvalue weighted by atomic mass is 9.47. The second kappa shape index (κ2) is 11.6. The summed E-state index contributed by atoms with van der Waals surface area (Å²) in [4.78, 5) is 26.3. The number of hydrogen-bond donors (Lipinski definition) is 1.